The highest BCUT2D eigenvalue weighted by molar-refractivity contribution is 8.15. The van der Waals surface area contributed by atoms with Crippen LogP contribution in [0.25, 0.3) is 0 Å². The molecule has 1 N–H and O–H groups in total. The van der Waals surface area contributed by atoms with Gasteiger partial charge in [0, 0.05) is 0 Å². The number of hydrogen-bond acceptors (Lipinski definition) is 4. The summed E-state index contributed by atoms with van der Waals surface area (Å²) in [4.78, 5) is 0. The lowest BCUT2D eigenvalue weighted by Crippen LogP contribution is -2.20. The summed E-state index contributed by atoms with van der Waals surface area (Å²) >= 11 is 0. The van der Waals surface area contributed by atoms with Crippen LogP contribution in [0, 0.1) is 0 Å². The van der Waals surface area contributed by atoms with Gasteiger partial charge in [-0.2, -0.15) is 0 Å². The first-order valence-corrected chi connectivity index (χ1v) is 4.60. The summed E-state index contributed by atoms with van der Waals surface area (Å²) in [7, 11) is -5.83. The maximum atomic E-state index is 9.95. The van der Waals surface area contributed by atoms with E-state index < -0.39 is 20.8 Å². The van der Waals surface area contributed by atoms with E-state index >= 15 is 0 Å². The molecule has 0 bridgehead atoms. The number of rotatable bonds is 2. The predicted octanol–water partition coefficient (Wildman–Crippen LogP) is -3.02. The Kier molecular flexibility index (Phi) is 2.44. The molecule has 0 aromatic rings. The van der Waals surface area contributed by atoms with Crippen molar-refractivity contribution in [2.45, 2.75) is 0 Å². The van der Waals surface area contributed by atoms with Gasteiger partial charge in [0.2, 0.25) is 10.9 Å². The lowest BCUT2D eigenvalue weighted by atomic mass is 10.8. The zero-order chi connectivity index (χ0) is 6.78. The van der Waals surface area contributed by atoms with Crippen molar-refractivity contribution in [3.8, 4) is 0 Å². The van der Waals surface area contributed by atoms with Crippen molar-refractivity contribution >= 4 is 27.9 Å². The Morgan fingerprint density at radius 3 is 1.75 bits per heavy atom. The minimum absolute atomic E-state index is 0.762. The van der Waals surface area contributed by atoms with Gasteiger partial charge in [-0.1, -0.05) is 0 Å². The van der Waals surface area contributed by atoms with Crippen LogP contribution < -0.4 is 4.13 Å². The summed E-state index contributed by atoms with van der Waals surface area (Å²) in [5.41, 5.74) is 0. The van der Waals surface area contributed by atoms with Crippen molar-refractivity contribution in [2.75, 3.05) is 0 Å². The fraction of sp³-hybridized carbons (Fsp3) is 0. The third-order valence-corrected chi connectivity index (χ3v) is 2.16. The van der Waals surface area contributed by atoms with E-state index in [9.17, 15) is 16.8 Å². The Bertz CT molecular complexity index is 214. The molecular formula is H4BNO4S2. The first-order valence-electron chi connectivity index (χ1n) is 1.53. The summed E-state index contributed by atoms with van der Waals surface area (Å²) in [5.74, 6) is 0. The molecule has 0 radical (unpaired) electrons. The van der Waals surface area contributed by atoms with Crippen LogP contribution in [0.15, 0.2) is 0 Å². The number of nitrogens with one attached hydrogen (secondary N) is 1. The average Bonchev–Trinajstić information content (AvgIpc) is 1.21. The molecule has 8 heavy (non-hydrogen) atoms. The molecular weight excluding hydrogens is 153 g/mol. The highest BCUT2D eigenvalue weighted by Gasteiger charge is 1.97. The van der Waals surface area contributed by atoms with Crippen molar-refractivity contribution in [1.82, 2.24) is 4.13 Å². The summed E-state index contributed by atoms with van der Waals surface area (Å²) in [6, 6.07) is 0. The Labute approximate surface area is 49.5 Å². The summed E-state index contributed by atoms with van der Waals surface area (Å²) in [5, 5.41) is 0. The van der Waals surface area contributed by atoms with Gasteiger partial charge >= 0.3 is 0 Å². The van der Waals surface area contributed by atoms with Gasteiger partial charge in [-0.3, -0.25) is 0 Å². The van der Waals surface area contributed by atoms with Crippen LogP contribution in [0.2, 0.25) is 0 Å². The first kappa shape index (κ1) is 7.92. The number of hydrogen-bond donors (Lipinski definition) is 2. The molecule has 0 saturated carbocycles. The first-order chi connectivity index (χ1) is 3.42. The van der Waals surface area contributed by atoms with Crippen LogP contribution in [0.1, 0.15) is 0 Å². The summed E-state index contributed by atoms with van der Waals surface area (Å²) < 4.78 is 40.3. The molecule has 0 spiro atoms. The van der Waals surface area contributed by atoms with E-state index in [2.05, 4.69) is 0 Å². The maximum Gasteiger partial charge on any atom is 0.277 e. The highest BCUT2D eigenvalue weighted by Crippen LogP contribution is 1.66. The molecule has 0 rings (SSSR count). The standard InChI is InChI=1S/BH4NO4S2/c1-8(5,6)2-7(3)4/h7H,1H2,(H,2,3,4). The third-order valence-electron chi connectivity index (χ3n) is 0.240. The smallest absolute Gasteiger partial charge is 0.225 e. The lowest BCUT2D eigenvalue weighted by molar-refractivity contribution is 0.595. The quantitative estimate of drug-likeness (QED) is 0.330. The molecule has 0 aliphatic carbocycles. The molecule has 0 aliphatic heterocycles. The molecule has 0 aliphatic rings. The lowest BCUT2D eigenvalue weighted by Gasteiger charge is -1.86. The summed E-state index contributed by atoms with van der Waals surface area (Å²) in [6.07, 6.45) is 0. The van der Waals surface area contributed by atoms with Crippen LogP contribution in [0.4, 0.5) is 0 Å². The summed E-state index contributed by atoms with van der Waals surface area (Å²) in [6.45, 7) is 0. The molecule has 5 nitrogen and oxygen atoms in total. The van der Waals surface area contributed by atoms with Crippen LogP contribution in [-0.2, 0) is 20.8 Å². The fourth-order valence-corrected chi connectivity index (χ4v) is 1.22. The van der Waals surface area contributed by atoms with E-state index in [1.54, 1.807) is 0 Å². The number of thiol groups is 1. The zero-order valence-corrected chi connectivity index (χ0v) is 5.70. The van der Waals surface area contributed by atoms with Gasteiger partial charge in [-0.15, -0.1) is 4.13 Å². The van der Waals surface area contributed by atoms with Crippen molar-refractivity contribution in [1.29, 1.82) is 0 Å². The van der Waals surface area contributed by atoms with Crippen LogP contribution in [0.3, 0.4) is 0 Å². The zero-order valence-electron chi connectivity index (χ0n) is 3.99. The predicted molar refractivity (Wildman–Crippen MR) is 30.9 cm³/mol. The Morgan fingerprint density at radius 2 is 1.75 bits per heavy atom. The van der Waals surface area contributed by atoms with E-state index in [4.69, 9.17) is 0 Å². The molecule has 0 aromatic heterocycles. The van der Waals surface area contributed by atoms with Crippen molar-refractivity contribution in [2.24, 2.45) is 0 Å². The van der Waals surface area contributed by atoms with E-state index in [1.165, 1.54) is 4.13 Å². The SMILES string of the molecule is BS(=O)(=O)N[SH](=O)=O. The van der Waals surface area contributed by atoms with Crippen molar-refractivity contribution < 1.29 is 16.8 Å². The third kappa shape index (κ3) is 5.92. The molecule has 0 aromatic carbocycles. The van der Waals surface area contributed by atoms with Gasteiger partial charge < -0.3 is 0 Å². The Hall–Kier alpha value is -0.0751. The van der Waals surface area contributed by atoms with Crippen molar-refractivity contribution in [3.05, 3.63) is 0 Å². The van der Waals surface area contributed by atoms with Gasteiger partial charge in [0.05, 0.1) is 0 Å². The monoisotopic (exact) mass is 157 g/mol. The van der Waals surface area contributed by atoms with E-state index in [0.717, 1.165) is 7.12 Å². The van der Waals surface area contributed by atoms with Crippen LogP contribution in [0.5, 0.6) is 0 Å². The fourth-order valence-electron chi connectivity index (χ4n) is 0.135. The molecule has 0 heterocycles. The minimum atomic E-state index is -3.57. The Morgan fingerprint density at radius 1 is 1.38 bits per heavy atom. The van der Waals surface area contributed by atoms with E-state index in [0.29, 0.717) is 0 Å². The van der Waals surface area contributed by atoms with Gasteiger partial charge in [-0.25, -0.2) is 16.8 Å². The highest BCUT2D eigenvalue weighted by atomic mass is 32.3. The molecule has 48 valence electrons. The second-order valence-corrected chi connectivity index (χ2v) is 3.91. The molecule has 0 unspecified atom stereocenters. The molecule has 0 fully saturated rings. The maximum absolute atomic E-state index is 9.95. The minimum Gasteiger partial charge on any atom is -0.225 e. The van der Waals surface area contributed by atoms with Gasteiger partial charge in [0.25, 0.3) is 7.12 Å². The molecule has 0 saturated heterocycles. The van der Waals surface area contributed by atoms with E-state index in [1.807, 2.05) is 0 Å². The van der Waals surface area contributed by atoms with E-state index in [-0.39, 0.29) is 0 Å². The van der Waals surface area contributed by atoms with Gasteiger partial charge in [-0.05, 0) is 0 Å². The van der Waals surface area contributed by atoms with Crippen LogP contribution in [-0.4, -0.2) is 24.0 Å². The second kappa shape index (κ2) is 2.47. The normalized spacial score (nSPS) is 12.1. The van der Waals surface area contributed by atoms with Gasteiger partial charge in [0.1, 0.15) is 0 Å². The van der Waals surface area contributed by atoms with Crippen molar-refractivity contribution in [3.63, 3.8) is 0 Å². The van der Waals surface area contributed by atoms with Gasteiger partial charge in [0.15, 0.2) is 9.87 Å². The average molecular weight is 157 g/mol. The largest absolute Gasteiger partial charge is 0.277 e. The molecule has 0 amide bonds. The molecule has 0 atom stereocenters. The van der Waals surface area contributed by atoms with Crippen LogP contribution >= 0.6 is 0 Å². The second-order valence-electron chi connectivity index (χ2n) is 1.12. The Balaban J connectivity index is 4.16. The molecule has 8 heteroatoms. The topological polar surface area (TPSA) is 80.3 Å².